The zero-order chi connectivity index (χ0) is 15.6. The average molecular weight is 372 g/mol. The van der Waals surface area contributed by atoms with Gasteiger partial charge in [-0.3, -0.25) is 4.79 Å². The van der Waals surface area contributed by atoms with Crippen molar-refractivity contribution in [3.05, 3.63) is 62.6 Å². The predicted octanol–water partition coefficient (Wildman–Crippen LogP) is 4.50. The van der Waals surface area contributed by atoms with Gasteiger partial charge in [-0.25, -0.2) is 8.78 Å². The Hall–Kier alpha value is -1.97. The van der Waals surface area contributed by atoms with Gasteiger partial charge in [0.2, 0.25) is 0 Å². The first-order valence-corrected chi connectivity index (χ1v) is 6.75. The van der Waals surface area contributed by atoms with Crippen molar-refractivity contribution < 1.29 is 13.6 Å². The van der Waals surface area contributed by atoms with Crippen molar-refractivity contribution in [2.24, 2.45) is 0 Å². The minimum Gasteiger partial charge on any atom is -0.320 e. The molecule has 1 N–H and O–H groups in total. The summed E-state index contributed by atoms with van der Waals surface area (Å²) in [7, 11) is 0. The molecule has 106 valence electrons. The van der Waals surface area contributed by atoms with E-state index in [1.807, 2.05) is 6.07 Å². The van der Waals surface area contributed by atoms with Crippen LogP contribution in [0.1, 0.15) is 15.9 Å². The van der Waals surface area contributed by atoms with Crippen LogP contribution < -0.4 is 5.32 Å². The average Bonchev–Trinajstić information content (AvgIpc) is 2.39. The van der Waals surface area contributed by atoms with Crippen LogP contribution in [0.4, 0.5) is 14.5 Å². The molecule has 0 saturated heterocycles. The lowest BCUT2D eigenvalue weighted by Crippen LogP contribution is -2.16. The van der Waals surface area contributed by atoms with Crippen LogP contribution in [0.5, 0.6) is 0 Å². The SMILES string of the molecule is N#Cc1ccc(NC(=O)c2c(F)cc(Br)cc2F)c(Cl)c1. The maximum absolute atomic E-state index is 13.7. The first-order valence-electron chi connectivity index (χ1n) is 5.58. The number of hydrogen-bond donors (Lipinski definition) is 1. The van der Waals surface area contributed by atoms with Crippen LogP contribution in [0.25, 0.3) is 0 Å². The van der Waals surface area contributed by atoms with E-state index in [2.05, 4.69) is 21.2 Å². The zero-order valence-corrected chi connectivity index (χ0v) is 12.6. The van der Waals surface area contributed by atoms with Gasteiger partial charge in [0.1, 0.15) is 17.2 Å². The van der Waals surface area contributed by atoms with Gasteiger partial charge in [-0.15, -0.1) is 0 Å². The molecule has 3 nitrogen and oxygen atoms in total. The second-order valence-corrected chi connectivity index (χ2v) is 5.33. The highest BCUT2D eigenvalue weighted by Crippen LogP contribution is 2.25. The smallest absolute Gasteiger partial charge is 0.261 e. The van der Waals surface area contributed by atoms with Crippen molar-refractivity contribution >= 4 is 39.1 Å². The summed E-state index contributed by atoms with van der Waals surface area (Å²) in [4.78, 5) is 11.9. The van der Waals surface area contributed by atoms with Crippen molar-refractivity contribution in [3.8, 4) is 6.07 Å². The van der Waals surface area contributed by atoms with E-state index in [-0.39, 0.29) is 15.2 Å². The first kappa shape index (κ1) is 15.4. The Balaban J connectivity index is 2.33. The van der Waals surface area contributed by atoms with Crippen molar-refractivity contribution in [2.75, 3.05) is 5.32 Å². The number of carbonyl (C=O) groups excluding carboxylic acids is 1. The summed E-state index contributed by atoms with van der Waals surface area (Å²) < 4.78 is 27.5. The number of carbonyl (C=O) groups is 1. The molecule has 2 aromatic rings. The lowest BCUT2D eigenvalue weighted by Gasteiger charge is -2.09. The summed E-state index contributed by atoms with van der Waals surface area (Å²) in [5, 5.41) is 11.1. The molecule has 0 aromatic heterocycles. The number of amides is 1. The fourth-order valence-electron chi connectivity index (χ4n) is 1.63. The van der Waals surface area contributed by atoms with E-state index in [1.165, 1.54) is 18.2 Å². The van der Waals surface area contributed by atoms with E-state index in [0.717, 1.165) is 12.1 Å². The van der Waals surface area contributed by atoms with Gasteiger partial charge in [-0.05, 0) is 30.3 Å². The Morgan fingerprint density at radius 1 is 1.24 bits per heavy atom. The largest absolute Gasteiger partial charge is 0.320 e. The molecular weight excluding hydrogens is 366 g/mol. The number of halogens is 4. The van der Waals surface area contributed by atoms with Crippen LogP contribution in [0.3, 0.4) is 0 Å². The van der Waals surface area contributed by atoms with Crippen molar-refractivity contribution in [1.29, 1.82) is 5.26 Å². The van der Waals surface area contributed by atoms with Gasteiger partial charge >= 0.3 is 0 Å². The van der Waals surface area contributed by atoms with Crippen LogP contribution >= 0.6 is 27.5 Å². The van der Waals surface area contributed by atoms with E-state index >= 15 is 0 Å². The number of nitrogens with zero attached hydrogens (tertiary/aromatic N) is 1. The Morgan fingerprint density at radius 3 is 2.38 bits per heavy atom. The van der Waals surface area contributed by atoms with Crippen LogP contribution in [-0.4, -0.2) is 5.91 Å². The molecule has 7 heteroatoms. The minimum absolute atomic E-state index is 0.0975. The van der Waals surface area contributed by atoms with E-state index in [4.69, 9.17) is 16.9 Å². The molecule has 2 aromatic carbocycles. The van der Waals surface area contributed by atoms with Crippen molar-refractivity contribution in [1.82, 2.24) is 0 Å². The summed E-state index contributed by atoms with van der Waals surface area (Å²) in [6, 6.07) is 8.00. The Bertz CT molecular complexity index is 751. The standard InChI is InChI=1S/C14H6BrClF2N2O/c15-8-4-10(17)13(11(18)5-8)14(21)20-12-2-1-7(6-19)3-9(12)16/h1-5H,(H,20,21). The number of rotatable bonds is 2. The second kappa shape index (κ2) is 6.20. The molecule has 21 heavy (non-hydrogen) atoms. The van der Waals surface area contributed by atoms with Gasteiger partial charge in [0.25, 0.3) is 5.91 Å². The summed E-state index contributed by atoms with van der Waals surface area (Å²) in [5.41, 5.74) is -0.250. The molecule has 0 radical (unpaired) electrons. The van der Waals surface area contributed by atoms with Crippen molar-refractivity contribution in [2.45, 2.75) is 0 Å². The molecule has 0 spiro atoms. The zero-order valence-electron chi connectivity index (χ0n) is 10.3. The number of hydrogen-bond acceptors (Lipinski definition) is 2. The molecule has 0 aliphatic carbocycles. The van der Waals surface area contributed by atoms with Crippen LogP contribution in [0.2, 0.25) is 5.02 Å². The molecule has 2 rings (SSSR count). The monoisotopic (exact) mass is 370 g/mol. The lowest BCUT2D eigenvalue weighted by molar-refractivity contribution is 0.101. The fraction of sp³-hybridized carbons (Fsp3) is 0. The van der Waals surface area contributed by atoms with E-state index < -0.39 is 23.1 Å². The maximum Gasteiger partial charge on any atom is 0.261 e. The van der Waals surface area contributed by atoms with E-state index in [9.17, 15) is 13.6 Å². The molecule has 0 bridgehead atoms. The molecule has 0 saturated carbocycles. The normalized spacial score (nSPS) is 10.0. The van der Waals surface area contributed by atoms with Gasteiger partial charge in [-0.1, -0.05) is 27.5 Å². The predicted molar refractivity (Wildman–Crippen MR) is 78.2 cm³/mol. The van der Waals surface area contributed by atoms with Gasteiger partial charge in [-0.2, -0.15) is 5.26 Å². The molecule has 1 amide bonds. The highest BCUT2D eigenvalue weighted by Gasteiger charge is 2.19. The molecule has 0 fully saturated rings. The molecule has 0 unspecified atom stereocenters. The maximum atomic E-state index is 13.7. The first-order chi connectivity index (χ1) is 9.92. The third-order valence-electron chi connectivity index (χ3n) is 2.58. The quantitative estimate of drug-likeness (QED) is 0.845. The summed E-state index contributed by atoms with van der Waals surface area (Å²) in [5.74, 6) is -2.96. The van der Waals surface area contributed by atoms with Crippen LogP contribution in [0.15, 0.2) is 34.8 Å². The molecule has 0 atom stereocenters. The Labute approximate surface area is 132 Å². The van der Waals surface area contributed by atoms with Gasteiger partial charge in [0, 0.05) is 4.47 Å². The van der Waals surface area contributed by atoms with Crippen LogP contribution in [0, 0.1) is 23.0 Å². The second-order valence-electron chi connectivity index (χ2n) is 4.00. The summed E-state index contributed by atoms with van der Waals surface area (Å²) in [6.07, 6.45) is 0. The molecule has 0 heterocycles. The number of nitriles is 1. The highest BCUT2D eigenvalue weighted by atomic mass is 79.9. The van der Waals surface area contributed by atoms with Gasteiger partial charge in [0.05, 0.1) is 22.3 Å². The number of nitrogens with one attached hydrogen (secondary N) is 1. The Kier molecular flexibility index (Phi) is 4.56. The number of anilines is 1. The minimum atomic E-state index is -0.996. The lowest BCUT2D eigenvalue weighted by atomic mass is 10.1. The number of benzene rings is 2. The third-order valence-corrected chi connectivity index (χ3v) is 3.35. The van der Waals surface area contributed by atoms with Crippen molar-refractivity contribution in [3.63, 3.8) is 0 Å². The van der Waals surface area contributed by atoms with E-state index in [0.29, 0.717) is 5.56 Å². The summed E-state index contributed by atoms with van der Waals surface area (Å²) in [6.45, 7) is 0. The topological polar surface area (TPSA) is 52.9 Å². The fourth-order valence-corrected chi connectivity index (χ4v) is 2.26. The van der Waals surface area contributed by atoms with Gasteiger partial charge in [0.15, 0.2) is 0 Å². The van der Waals surface area contributed by atoms with E-state index in [1.54, 1.807) is 0 Å². The molecular formula is C14H6BrClF2N2O. The molecule has 0 aliphatic heterocycles. The van der Waals surface area contributed by atoms with Crippen LogP contribution in [-0.2, 0) is 0 Å². The highest BCUT2D eigenvalue weighted by molar-refractivity contribution is 9.10. The summed E-state index contributed by atoms with van der Waals surface area (Å²) >= 11 is 8.81. The molecule has 0 aliphatic rings. The van der Waals surface area contributed by atoms with Gasteiger partial charge < -0.3 is 5.32 Å². The Morgan fingerprint density at radius 2 is 1.86 bits per heavy atom. The third kappa shape index (κ3) is 3.38.